The molecule has 0 aromatic rings. The molecule has 0 saturated heterocycles. The second-order valence-electron chi connectivity index (χ2n) is 4.09. The van der Waals surface area contributed by atoms with Gasteiger partial charge in [0.25, 0.3) is 6.47 Å². The molecule has 0 aromatic carbocycles. The molecule has 1 aliphatic carbocycles. The van der Waals surface area contributed by atoms with Crippen molar-refractivity contribution >= 4 is 6.47 Å². The molecule has 1 aliphatic rings. The third-order valence-electron chi connectivity index (χ3n) is 3.27. The van der Waals surface area contributed by atoms with Gasteiger partial charge in [-0.25, -0.2) is 0 Å². The zero-order chi connectivity index (χ0) is 9.14. The Kier molecular flexibility index (Phi) is 3.12. The lowest BCUT2D eigenvalue weighted by molar-refractivity contribution is -0.142. The highest BCUT2D eigenvalue weighted by Gasteiger charge is 2.33. The van der Waals surface area contributed by atoms with Crippen LogP contribution < -0.4 is 0 Å². The summed E-state index contributed by atoms with van der Waals surface area (Å²) in [7, 11) is 0. The molecule has 0 spiro atoms. The van der Waals surface area contributed by atoms with Gasteiger partial charge in [-0.3, -0.25) is 4.79 Å². The number of rotatable bonds is 2. The van der Waals surface area contributed by atoms with E-state index in [4.69, 9.17) is 4.74 Å². The van der Waals surface area contributed by atoms with E-state index in [9.17, 15) is 4.79 Å². The van der Waals surface area contributed by atoms with Crippen LogP contribution in [0.5, 0.6) is 0 Å². The third-order valence-corrected chi connectivity index (χ3v) is 3.27. The number of carbonyl (C=O) groups excluding carboxylic acids is 1. The van der Waals surface area contributed by atoms with E-state index in [-0.39, 0.29) is 6.10 Å². The molecule has 4 atom stereocenters. The summed E-state index contributed by atoms with van der Waals surface area (Å²) < 4.78 is 5.10. The second kappa shape index (κ2) is 3.92. The number of carbonyl (C=O) groups is 1. The Morgan fingerprint density at radius 2 is 1.75 bits per heavy atom. The molecule has 2 heteroatoms. The molecule has 1 rings (SSSR count). The molecule has 1 saturated carbocycles. The number of hydrogen-bond donors (Lipinski definition) is 0. The largest absolute Gasteiger partial charge is 0.464 e. The van der Waals surface area contributed by atoms with E-state index in [1.165, 1.54) is 12.8 Å². The van der Waals surface area contributed by atoms with E-state index in [2.05, 4.69) is 20.8 Å². The van der Waals surface area contributed by atoms with Crippen LogP contribution in [0.15, 0.2) is 0 Å². The Hall–Kier alpha value is -0.530. The summed E-state index contributed by atoms with van der Waals surface area (Å²) >= 11 is 0. The van der Waals surface area contributed by atoms with Crippen molar-refractivity contribution in [1.29, 1.82) is 0 Å². The number of hydrogen-bond acceptors (Lipinski definition) is 2. The summed E-state index contributed by atoms with van der Waals surface area (Å²) in [6.45, 7) is 7.17. The first-order valence-corrected chi connectivity index (χ1v) is 4.76. The minimum Gasteiger partial charge on any atom is -0.464 e. The van der Waals surface area contributed by atoms with Crippen molar-refractivity contribution < 1.29 is 9.53 Å². The Morgan fingerprint density at radius 3 is 2.33 bits per heavy atom. The molecule has 1 fully saturated rings. The number of ether oxygens (including phenoxy) is 1. The van der Waals surface area contributed by atoms with Gasteiger partial charge in [-0.2, -0.15) is 0 Å². The quantitative estimate of drug-likeness (QED) is 0.594. The molecular formula is C10H18O2. The van der Waals surface area contributed by atoms with Crippen LogP contribution in [0.1, 0.15) is 33.6 Å². The van der Waals surface area contributed by atoms with Crippen molar-refractivity contribution in [2.24, 2.45) is 17.8 Å². The molecule has 0 bridgehead atoms. The molecule has 2 nitrogen and oxygen atoms in total. The Morgan fingerprint density at radius 1 is 1.17 bits per heavy atom. The zero-order valence-corrected chi connectivity index (χ0v) is 8.12. The van der Waals surface area contributed by atoms with Gasteiger partial charge in [0.15, 0.2) is 0 Å². The Labute approximate surface area is 74.3 Å². The summed E-state index contributed by atoms with van der Waals surface area (Å²) in [5.74, 6) is 1.73. The lowest BCUT2D eigenvalue weighted by atomic mass is 9.74. The minimum atomic E-state index is 0.145. The normalized spacial score (nSPS) is 42.2. The van der Waals surface area contributed by atoms with Crippen molar-refractivity contribution in [3.05, 3.63) is 0 Å². The van der Waals surface area contributed by atoms with Crippen molar-refractivity contribution in [2.75, 3.05) is 0 Å². The first-order valence-electron chi connectivity index (χ1n) is 4.76. The van der Waals surface area contributed by atoms with Gasteiger partial charge in [0.2, 0.25) is 0 Å². The highest BCUT2D eigenvalue weighted by atomic mass is 16.5. The Balaban J connectivity index is 2.58. The minimum absolute atomic E-state index is 0.145. The van der Waals surface area contributed by atoms with Gasteiger partial charge in [0, 0.05) is 0 Å². The lowest BCUT2D eigenvalue weighted by Crippen LogP contribution is -2.37. The molecule has 0 N–H and O–H groups in total. The third kappa shape index (κ3) is 1.79. The monoisotopic (exact) mass is 170 g/mol. The average molecular weight is 170 g/mol. The van der Waals surface area contributed by atoms with E-state index >= 15 is 0 Å². The predicted octanol–water partition coefficient (Wildman–Crippen LogP) is 2.23. The fraction of sp³-hybridized carbons (Fsp3) is 0.900. The van der Waals surface area contributed by atoms with Crippen LogP contribution in [0.2, 0.25) is 0 Å². The van der Waals surface area contributed by atoms with Crippen molar-refractivity contribution in [3.63, 3.8) is 0 Å². The molecule has 0 amide bonds. The Bertz CT molecular complexity index is 156. The molecule has 0 aromatic heterocycles. The van der Waals surface area contributed by atoms with E-state index < -0.39 is 0 Å². The van der Waals surface area contributed by atoms with Crippen LogP contribution in [0.25, 0.3) is 0 Å². The van der Waals surface area contributed by atoms with Crippen LogP contribution in [-0.4, -0.2) is 12.6 Å². The standard InChI is InChI=1S/C10H18O2/c1-7-4-5-8(2)10(9(7)3)12-6-11/h6-10H,4-5H2,1-3H3. The average Bonchev–Trinajstić information content (AvgIpc) is 2.06. The fourth-order valence-electron chi connectivity index (χ4n) is 2.12. The second-order valence-corrected chi connectivity index (χ2v) is 4.09. The molecule has 70 valence electrons. The molecule has 0 aliphatic heterocycles. The molecule has 0 radical (unpaired) electrons. The van der Waals surface area contributed by atoms with Crippen molar-refractivity contribution in [1.82, 2.24) is 0 Å². The first kappa shape index (κ1) is 9.56. The van der Waals surface area contributed by atoms with E-state index in [0.29, 0.717) is 24.2 Å². The van der Waals surface area contributed by atoms with Gasteiger partial charge in [-0.1, -0.05) is 20.8 Å². The summed E-state index contributed by atoms with van der Waals surface area (Å²) in [6, 6.07) is 0. The summed E-state index contributed by atoms with van der Waals surface area (Å²) in [4.78, 5) is 10.2. The maximum atomic E-state index is 10.2. The lowest BCUT2D eigenvalue weighted by Gasteiger charge is -2.37. The van der Waals surface area contributed by atoms with E-state index in [1.807, 2.05) is 0 Å². The molecule has 12 heavy (non-hydrogen) atoms. The SMILES string of the molecule is CC1CCC(C)C(OC=O)C1C. The van der Waals surface area contributed by atoms with E-state index in [1.54, 1.807) is 0 Å². The predicted molar refractivity (Wildman–Crippen MR) is 47.7 cm³/mol. The van der Waals surface area contributed by atoms with Gasteiger partial charge in [0.05, 0.1) is 0 Å². The van der Waals surface area contributed by atoms with Gasteiger partial charge >= 0.3 is 0 Å². The van der Waals surface area contributed by atoms with Crippen LogP contribution >= 0.6 is 0 Å². The highest BCUT2D eigenvalue weighted by molar-refractivity contribution is 5.37. The van der Waals surface area contributed by atoms with Crippen LogP contribution in [-0.2, 0) is 9.53 Å². The zero-order valence-electron chi connectivity index (χ0n) is 8.12. The summed E-state index contributed by atoms with van der Waals surface area (Å²) in [5.41, 5.74) is 0. The van der Waals surface area contributed by atoms with Gasteiger partial charge in [0.1, 0.15) is 6.10 Å². The smallest absolute Gasteiger partial charge is 0.293 e. The van der Waals surface area contributed by atoms with Crippen LogP contribution in [0.3, 0.4) is 0 Å². The van der Waals surface area contributed by atoms with Crippen LogP contribution in [0, 0.1) is 17.8 Å². The van der Waals surface area contributed by atoms with Crippen LogP contribution in [0.4, 0.5) is 0 Å². The summed E-state index contributed by atoms with van der Waals surface area (Å²) in [6.07, 6.45) is 2.59. The van der Waals surface area contributed by atoms with Crippen molar-refractivity contribution in [3.8, 4) is 0 Å². The van der Waals surface area contributed by atoms with Crippen molar-refractivity contribution in [2.45, 2.75) is 39.7 Å². The topological polar surface area (TPSA) is 26.3 Å². The molecule has 4 unspecified atom stereocenters. The maximum absolute atomic E-state index is 10.2. The molecule has 0 heterocycles. The maximum Gasteiger partial charge on any atom is 0.293 e. The first-order chi connectivity index (χ1) is 5.66. The summed E-state index contributed by atoms with van der Waals surface area (Å²) in [5, 5.41) is 0. The van der Waals surface area contributed by atoms with E-state index in [0.717, 1.165) is 0 Å². The van der Waals surface area contributed by atoms with Gasteiger partial charge < -0.3 is 4.74 Å². The fourth-order valence-corrected chi connectivity index (χ4v) is 2.12. The van der Waals surface area contributed by atoms with Gasteiger partial charge in [-0.05, 0) is 30.6 Å². The highest BCUT2D eigenvalue weighted by Crippen LogP contribution is 2.34. The van der Waals surface area contributed by atoms with Gasteiger partial charge in [-0.15, -0.1) is 0 Å². The molecular weight excluding hydrogens is 152 g/mol.